The van der Waals surface area contributed by atoms with Crippen molar-refractivity contribution in [3.05, 3.63) is 60.7 Å². The summed E-state index contributed by atoms with van der Waals surface area (Å²) in [6, 6.07) is 2.82. The van der Waals surface area contributed by atoms with Gasteiger partial charge in [-0.25, -0.2) is 4.98 Å². The van der Waals surface area contributed by atoms with Gasteiger partial charge in [-0.1, -0.05) is 0 Å². The summed E-state index contributed by atoms with van der Waals surface area (Å²) in [6.07, 6.45) is -4.67. The number of aromatic nitrogens is 4. The maximum atomic E-state index is 12.5. The standard InChI is InChI=1S/C18H17N7O10/c26-5-10-13(28)14(29)17(35-10)23-6-19-12-15(23)21-18(22-16(12)30)20-11(27)3-7-1-2-8(24(31)32)4-9(7)25(33)34/h1-2,4,6,10,13-14,17,26,28-29H,3,5H2,(H2,20,21,22,27,30)/t10-,13+,14+,17-/m0/s1. The molecule has 1 aliphatic rings. The molecular formula is C18H17N7O10. The Labute approximate surface area is 192 Å². The van der Waals surface area contributed by atoms with Crippen molar-refractivity contribution in [1.29, 1.82) is 0 Å². The van der Waals surface area contributed by atoms with Gasteiger partial charge >= 0.3 is 0 Å². The number of hydrogen-bond acceptors (Lipinski definition) is 12. The molecule has 1 fully saturated rings. The Morgan fingerprint density at radius 2 is 1.97 bits per heavy atom. The van der Waals surface area contributed by atoms with E-state index in [1.165, 1.54) is 0 Å². The van der Waals surface area contributed by atoms with Crippen LogP contribution in [0.25, 0.3) is 11.2 Å². The average molecular weight is 491 g/mol. The van der Waals surface area contributed by atoms with Crippen molar-refractivity contribution in [1.82, 2.24) is 19.5 Å². The SMILES string of the molecule is O=C(Cc1ccc([N+](=O)[O-])cc1[N+](=O)[O-])Nc1nc2c(ncn2[C@H]2O[C@@H](CO)[C@@H](O)[C@H]2O)c(=O)[nH]1. The summed E-state index contributed by atoms with van der Waals surface area (Å²) < 4.78 is 6.55. The normalized spacial score (nSPS) is 21.8. The van der Waals surface area contributed by atoms with Crippen molar-refractivity contribution in [3.8, 4) is 0 Å². The van der Waals surface area contributed by atoms with E-state index in [0.717, 1.165) is 29.1 Å². The summed E-state index contributed by atoms with van der Waals surface area (Å²) in [7, 11) is 0. The highest BCUT2D eigenvalue weighted by molar-refractivity contribution is 5.92. The molecule has 4 rings (SSSR count). The van der Waals surface area contributed by atoms with Crippen LogP contribution in [0, 0.1) is 20.2 Å². The summed E-state index contributed by atoms with van der Waals surface area (Å²) in [5, 5.41) is 53.9. The molecule has 0 aliphatic carbocycles. The monoisotopic (exact) mass is 491 g/mol. The molecule has 1 saturated heterocycles. The van der Waals surface area contributed by atoms with Crippen molar-refractivity contribution >= 4 is 34.4 Å². The molecule has 35 heavy (non-hydrogen) atoms. The Morgan fingerprint density at radius 1 is 1.23 bits per heavy atom. The van der Waals surface area contributed by atoms with E-state index in [0.29, 0.717) is 0 Å². The highest BCUT2D eigenvalue weighted by Gasteiger charge is 2.44. The second kappa shape index (κ2) is 9.14. The number of non-ortho nitro benzene ring substituents is 1. The molecule has 0 radical (unpaired) electrons. The number of anilines is 1. The first-order valence-corrected chi connectivity index (χ1v) is 9.91. The Balaban J connectivity index is 1.60. The number of imidazole rings is 1. The highest BCUT2D eigenvalue weighted by atomic mass is 16.6. The molecule has 0 saturated carbocycles. The van der Waals surface area contributed by atoms with Gasteiger partial charge in [0.25, 0.3) is 16.9 Å². The fraction of sp³-hybridized carbons (Fsp3) is 0.333. The smallest absolute Gasteiger partial charge is 0.280 e. The molecule has 2 aromatic heterocycles. The van der Waals surface area contributed by atoms with Crippen LogP contribution in [0.1, 0.15) is 11.8 Å². The van der Waals surface area contributed by atoms with Crippen LogP contribution in [-0.4, -0.2) is 75.5 Å². The Hall–Kier alpha value is -4.32. The number of H-pyrrole nitrogens is 1. The van der Waals surface area contributed by atoms with E-state index in [1.54, 1.807) is 0 Å². The van der Waals surface area contributed by atoms with Gasteiger partial charge in [-0.15, -0.1) is 0 Å². The minimum Gasteiger partial charge on any atom is -0.394 e. The second-order valence-electron chi connectivity index (χ2n) is 7.52. The molecular weight excluding hydrogens is 474 g/mol. The number of hydrogen-bond donors (Lipinski definition) is 5. The Kier molecular flexibility index (Phi) is 6.22. The predicted octanol–water partition coefficient (Wildman–Crippen LogP) is -1.27. The summed E-state index contributed by atoms with van der Waals surface area (Å²) >= 11 is 0. The molecule has 1 aromatic carbocycles. The van der Waals surface area contributed by atoms with Crippen LogP contribution in [0.4, 0.5) is 17.3 Å². The molecule has 1 amide bonds. The van der Waals surface area contributed by atoms with Gasteiger partial charge in [0, 0.05) is 11.6 Å². The van der Waals surface area contributed by atoms with Crippen molar-refractivity contribution < 1.29 is 34.7 Å². The van der Waals surface area contributed by atoms with Crippen molar-refractivity contribution in [3.63, 3.8) is 0 Å². The van der Waals surface area contributed by atoms with E-state index >= 15 is 0 Å². The number of amides is 1. The van der Waals surface area contributed by atoms with E-state index in [4.69, 9.17) is 4.74 Å². The van der Waals surface area contributed by atoms with Crippen LogP contribution in [0.15, 0.2) is 29.3 Å². The minimum atomic E-state index is -1.48. The van der Waals surface area contributed by atoms with Crippen LogP contribution in [-0.2, 0) is 16.0 Å². The lowest BCUT2D eigenvalue weighted by Gasteiger charge is -2.16. The zero-order valence-electron chi connectivity index (χ0n) is 17.5. The van der Waals surface area contributed by atoms with Gasteiger partial charge in [-0.05, 0) is 6.07 Å². The number of nitro benzene ring substituents is 2. The van der Waals surface area contributed by atoms with Gasteiger partial charge in [0.15, 0.2) is 17.4 Å². The van der Waals surface area contributed by atoms with Gasteiger partial charge in [-0.2, -0.15) is 4.98 Å². The Morgan fingerprint density at radius 3 is 2.60 bits per heavy atom. The second-order valence-corrected chi connectivity index (χ2v) is 7.52. The summed E-state index contributed by atoms with van der Waals surface area (Å²) in [5.74, 6) is -1.19. The molecule has 17 heteroatoms. The van der Waals surface area contributed by atoms with Crippen molar-refractivity contribution in [2.75, 3.05) is 11.9 Å². The Bertz CT molecular complexity index is 1390. The molecule has 184 valence electrons. The number of nitrogens with zero attached hydrogens (tertiary/aromatic N) is 5. The lowest BCUT2D eigenvalue weighted by Crippen LogP contribution is -2.33. The van der Waals surface area contributed by atoms with E-state index in [9.17, 15) is 45.1 Å². The fourth-order valence-corrected chi connectivity index (χ4v) is 3.62. The molecule has 5 N–H and O–H groups in total. The summed E-state index contributed by atoms with van der Waals surface area (Å²) in [5.41, 5.74) is -2.33. The number of carbonyl (C=O) groups is 1. The van der Waals surface area contributed by atoms with Gasteiger partial charge in [0.05, 0.1) is 35.3 Å². The number of aromatic amines is 1. The predicted molar refractivity (Wildman–Crippen MR) is 113 cm³/mol. The van der Waals surface area contributed by atoms with E-state index in [2.05, 4.69) is 20.3 Å². The number of nitro groups is 2. The number of fused-ring (bicyclic) bond motifs is 1. The number of rotatable bonds is 7. The van der Waals surface area contributed by atoms with Crippen molar-refractivity contribution in [2.24, 2.45) is 0 Å². The van der Waals surface area contributed by atoms with Gasteiger partial charge in [-0.3, -0.25) is 44.7 Å². The van der Waals surface area contributed by atoms with Crippen LogP contribution in [0.2, 0.25) is 0 Å². The number of carbonyl (C=O) groups excluding carboxylic acids is 1. The molecule has 17 nitrogen and oxygen atoms in total. The zero-order valence-corrected chi connectivity index (χ0v) is 17.5. The third kappa shape index (κ3) is 4.43. The molecule has 3 aromatic rings. The van der Waals surface area contributed by atoms with Gasteiger partial charge in [0.1, 0.15) is 18.3 Å². The van der Waals surface area contributed by atoms with E-state index < -0.39 is 70.3 Å². The number of aliphatic hydroxyl groups is 3. The first-order valence-electron chi connectivity index (χ1n) is 9.91. The molecule has 3 heterocycles. The van der Waals surface area contributed by atoms with E-state index in [1.807, 2.05) is 0 Å². The van der Waals surface area contributed by atoms with Gasteiger partial charge in [0.2, 0.25) is 11.9 Å². The van der Waals surface area contributed by atoms with Crippen LogP contribution in [0.5, 0.6) is 0 Å². The lowest BCUT2D eigenvalue weighted by atomic mass is 10.1. The molecule has 0 unspecified atom stereocenters. The third-order valence-corrected chi connectivity index (χ3v) is 5.31. The van der Waals surface area contributed by atoms with Crippen molar-refractivity contribution in [2.45, 2.75) is 31.0 Å². The largest absolute Gasteiger partial charge is 0.394 e. The maximum Gasteiger partial charge on any atom is 0.280 e. The van der Waals surface area contributed by atoms with Crippen LogP contribution >= 0.6 is 0 Å². The zero-order chi connectivity index (χ0) is 25.4. The first kappa shape index (κ1) is 23.8. The number of benzene rings is 1. The maximum absolute atomic E-state index is 12.5. The topological polar surface area (TPSA) is 249 Å². The average Bonchev–Trinajstić information content (AvgIpc) is 3.34. The molecule has 0 bridgehead atoms. The fourth-order valence-electron chi connectivity index (χ4n) is 3.62. The third-order valence-electron chi connectivity index (χ3n) is 5.31. The van der Waals surface area contributed by atoms with Crippen LogP contribution < -0.4 is 10.9 Å². The quantitative estimate of drug-likeness (QED) is 0.192. The lowest BCUT2D eigenvalue weighted by molar-refractivity contribution is -0.394. The van der Waals surface area contributed by atoms with Gasteiger partial charge < -0.3 is 20.1 Å². The summed E-state index contributed by atoms with van der Waals surface area (Å²) in [4.78, 5) is 55.6. The number of aliphatic hydroxyl groups excluding tert-OH is 3. The van der Waals surface area contributed by atoms with Crippen LogP contribution in [0.3, 0.4) is 0 Å². The highest BCUT2D eigenvalue weighted by Crippen LogP contribution is 2.31. The molecule has 1 aliphatic heterocycles. The molecule has 0 spiro atoms. The minimum absolute atomic E-state index is 0.113. The van der Waals surface area contributed by atoms with E-state index in [-0.39, 0.29) is 22.7 Å². The molecule has 4 atom stereocenters. The summed E-state index contributed by atoms with van der Waals surface area (Å²) in [6.45, 7) is -0.578. The number of nitrogens with one attached hydrogen (secondary N) is 2. The number of ether oxygens (including phenoxy) is 1. The first-order chi connectivity index (χ1) is 16.6.